The molecule has 1 heterocycles. The average Bonchev–Trinajstić information content (AvgIpc) is 2.97. The molecule has 25 heavy (non-hydrogen) atoms. The first-order valence-corrected chi connectivity index (χ1v) is 7.15. The summed E-state index contributed by atoms with van der Waals surface area (Å²) in [7, 11) is 2.90. The number of carbonyl (C=O) groups is 1. The van der Waals surface area contributed by atoms with Crippen molar-refractivity contribution in [2.75, 3.05) is 7.11 Å². The lowest BCUT2D eigenvalue weighted by atomic mass is 9.97. The SMILES string of the molecule is COC(=O)c1cc(-c2cncn2C)cc2cc(C(F)(F)F)c(O)cc12. The Morgan fingerprint density at radius 2 is 1.96 bits per heavy atom. The van der Waals surface area contributed by atoms with Crippen molar-refractivity contribution in [2.24, 2.45) is 7.05 Å². The number of methoxy groups -OCH3 is 1. The van der Waals surface area contributed by atoms with Gasteiger partial charge in [-0.05, 0) is 35.0 Å². The third kappa shape index (κ3) is 2.90. The van der Waals surface area contributed by atoms with Gasteiger partial charge in [-0.2, -0.15) is 13.2 Å². The summed E-state index contributed by atoms with van der Waals surface area (Å²) in [5.74, 6) is -1.66. The molecule has 130 valence electrons. The van der Waals surface area contributed by atoms with Crippen molar-refractivity contribution in [3.63, 3.8) is 0 Å². The Hall–Kier alpha value is -3.03. The van der Waals surface area contributed by atoms with E-state index < -0.39 is 23.5 Å². The number of alkyl halides is 3. The van der Waals surface area contributed by atoms with Gasteiger partial charge < -0.3 is 14.4 Å². The second-order valence-corrected chi connectivity index (χ2v) is 5.49. The molecule has 3 aromatic rings. The van der Waals surface area contributed by atoms with Gasteiger partial charge in [0.25, 0.3) is 0 Å². The standard InChI is InChI=1S/C17H13F3N2O3/c1-22-8-21-7-14(22)10-3-9-5-13(17(18,19)20)15(23)6-11(9)12(4-10)16(24)25-2/h3-8,23H,1-2H3. The molecule has 2 aromatic carbocycles. The maximum Gasteiger partial charge on any atom is 0.419 e. The Balaban J connectivity index is 2.36. The summed E-state index contributed by atoms with van der Waals surface area (Å²) in [6, 6.07) is 4.75. The summed E-state index contributed by atoms with van der Waals surface area (Å²) >= 11 is 0. The number of phenolic OH excluding ortho intramolecular Hbond substituents is 1. The molecule has 0 aliphatic carbocycles. The van der Waals surface area contributed by atoms with Crippen LogP contribution in [-0.4, -0.2) is 27.7 Å². The first-order chi connectivity index (χ1) is 11.7. The molecule has 1 N–H and O–H groups in total. The number of halogens is 3. The highest BCUT2D eigenvalue weighted by Gasteiger charge is 2.34. The second-order valence-electron chi connectivity index (χ2n) is 5.49. The van der Waals surface area contributed by atoms with Crippen LogP contribution in [0, 0.1) is 0 Å². The Bertz CT molecular complexity index is 977. The third-order valence-corrected chi connectivity index (χ3v) is 3.89. The van der Waals surface area contributed by atoms with Gasteiger partial charge in [0.1, 0.15) is 5.75 Å². The topological polar surface area (TPSA) is 64.3 Å². The Labute approximate surface area is 140 Å². The number of ether oxygens (including phenoxy) is 1. The minimum absolute atomic E-state index is 0.0558. The number of esters is 1. The summed E-state index contributed by atoms with van der Waals surface area (Å²) < 4.78 is 45.6. The molecule has 0 aliphatic heterocycles. The van der Waals surface area contributed by atoms with Crippen LogP contribution in [0.3, 0.4) is 0 Å². The molecule has 0 radical (unpaired) electrons. The Morgan fingerprint density at radius 3 is 2.52 bits per heavy atom. The first kappa shape index (κ1) is 16.8. The molecule has 0 atom stereocenters. The molecule has 0 saturated carbocycles. The van der Waals surface area contributed by atoms with Crippen molar-refractivity contribution in [1.29, 1.82) is 0 Å². The fourth-order valence-corrected chi connectivity index (χ4v) is 2.69. The number of carbonyl (C=O) groups excluding carboxylic acids is 1. The van der Waals surface area contributed by atoms with E-state index in [1.807, 2.05) is 0 Å². The summed E-state index contributed by atoms with van der Waals surface area (Å²) in [6.45, 7) is 0. The molecule has 0 saturated heterocycles. The smallest absolute Gasteiger partial charge is 0.419 e. The van der Waals surface area contributed by atoms with Crippen molar-refractivity contribution in [3.05, 3.63) is 47.9 Å². The van der Waals surface area contributed by atoms with Gasteiger partial charge in [0.2, 0.25) is 0 Å². The number of hydrogen-bond donors (Lipinski definition) is 1. The lowest BCUT2D eigenvalue weighted by molar-refractivity contribution is -0.138. The van der Waals surface area contributed by atoms with E-state index in [-0.39, 0.29) is 16.3 Å². The number of imidazole rings is 1. The molecule has 1 aromatic heterocycles. The van der Waals surface area contributed by atoms with Crippen LogP contribution >= 0.6 is 0 Å². The predicted octanol–water partition coefficient (Wildman–Crippen LogP) is 3.75. The zero-order valence-electron chi connectivity index (χ0n) is 13.3. The molecule has 8 heteroatoms. The largest absolute Gasteiger partial charge is 0.507 e. The van der Waals surface area contributed by atoms with Gasteiger partial charge in [0.05, 0.1) is 36.5 Å². The number of fused-ring (bicyclic) bond motifs is 1. The molecule has 3 rings (SSSR count). The van der Waals surface area contributed by atoms with E-state index >= 15 is 0 Å². The van der Waals surface area contributed by atoms with Gasteiger partial charge in [0, 0.05) is 12.6 Å². The lowest BCUT2D eigenvalue weighted by Crippen LogP contribution is -2.07. The van der Waals surface area contributed by atoms with E-state index in [0.29, 0.717) is 11.3 Å². The van der Waals surface area contributed by atoms with Crippen LogP contribution in [0.1, 0.15) is 15.9 Å². The molecular formula is C17H13F3N2O3. The zero-order chi connectivity index (χ0) is 18.4. The third-order valence-electron chi connectivity index (χ3n) is 3.89. The number of aryl methyl sites for hydroxylation is 1. The number of hydrogen-bond acceptors (Lipinski definition) is 4. The van der Waals surface area contributed by atoms with Crippen LogP contribution in [0.15, 0.2) is 36.8 Å². The monoisotopic (exact) mass is 350 g/mol. The molecule has 0 spiro atoms. The van der Waals surface area contributed by atoms with Crippen LogP contribution < -0.4 is 0 Å². The van der Waals surface area contributed by atoms with Crippen LogP contribution in [0.25, 0.3) is 22.0 Å². The van der Waals surface area contributed by atoms with Crippen molar-refractivity contribution in [1.82, 2.24) is 9.55 Å². The van der Waals surface area contributed by atoms with E-state index in [0.717, 1.165) is 12.1 Å². The molecule has 0 amide bonds. The maximum absolute atomic E-state index is 13.1. The van der Waals surface area contributed by atoms with Crippen molar-refractivity contribution in [2.45, 2.75) is 6.18 Å². The fourth-order valence-electron chi connectivity index (χ4n) is 2.69. The minimum atomic E-state index is -4.72. The van der Waals surface area contributed by atoms with E-state index in [4.69, 9.17) is 4.74 Å². The number of aromatic hydroxyl groups is 1. The van der Waals surface area contributed by atoms with Gasteiger partial charge >= 0.3 is 12.1 Å². The molecule has 0 bridgehead atoms. The number of rotatable bonds is 2. The fraction of sp³-hybridized carbons (Fsp3) is 0.176. The lowest BCUT2D eigenvalue weighted by Gasteiger charge is -2.14. The summed E-state index contributed by atoms with van der Waals surface area (Å²) in [5.41, 5.74) is 0.0126. The average molecular weight is 350 g/mol. The minimum Gasteiger partial charge on any atom is -0.507 e. The number of benzene rings is 2. The van der Waals surface area contributed by atoms with Crippen LogP contribution in [-0.2, 0) is 18.0 Å². The van der Waals surface area contributed by atoms with E-state index in [1.54, 1.807) is 11.6 Å². The molecule has 5 nitrogen and oxygen atoms in total. The quantitative estimate of drug-likeness (QED) is 0.715. The summed E-state index contributed by atoms with van der Waals surface area (Å²) in [5, 5.41) is 10.1. The van der Waals surface area contributed by atoms with Crippen LogP contribution in [0.5, 0.6) is 5.75 Å². The van der Waals surface area contributed by atoms with Gasteiger partial charge in [-0.15, -0.1) is 0 Å². The van der Waals surface area contributed by atoms with Gasteiger partial charge in [-0.25, -0.2) is 9.78 Å². The molecular weight excluding hydrogens is 337 g/mol. The Morgan fingerprint density at radius 1 is 1.24 bits per heavy atom. The van der Waals surface area contributed by atoms with E-state index in [2.05, 4.69) is 4.98 Å². The van der Waals surface area contributed by atoms with Crippen LogP contribution in [0.2, 0.25) is 0 Å². The van der Waals surface area contributed by atoms with Crippen LogP contribution in [0.4, 0.5) is 13.2 Å². The predicted molar refractivity (Wildman–Crippen MR) is 84.2 cm³/mol. The second kappa shape index (κ2) is 5.80. The normalized spacial score (nSPS) is 11.7. The van der Waals surface area contributed by atoms with Crippen molar-refractivity contribution >= 4 is 16.7 Å². The number of aromatic nitrogens is 2. The Kier molecular flexibility index (Phi) is 3.90. The van der Waals surface area contributed by atoms with E-state index in [1.165, 1.54) is 31.8 Å². The maximum atomic E-state index is 13.1. The highest BCUT2D eigenvalue weighted by Crippen LogP contribution is 2.40. The van der Waals surface area contributed by atoms with Crippen molar-refractivity contribution < 1.29 is 27.8 Å². The summed E-state index contributed by atoms with van der Waals surface area (Å²) in [4.78, 5) is 16.0. The van der Waals surface area contributed by atoms with Crippen molar-refractivity contribution in [3.8, 4) is 17.0 Å². The highest BCUT2D eigenvalue weighted by molar-refractivity contribution is 6.07. The first-order valence-electron chi connectivity index (χ1n) is 7.15. The number of phenols is 1. The number of nitrogens with zero attached hydrogens (tertiary/aromatic N) is 2. The van der Waals surface area contributed by atoms with E-state index in [9.17, 15) is 23.1 Å². The van der Waals surface area contributed by atoms with Gasteiger partial charge in [-0.1, -0.05) is 0 Å². The van der Waals surface area contributed by atoms with Gasteiger partial charge in [-0.3, -0.25) is 0 Å². The molecule has 0 unspecified atom stereocenters. The molecule has 0 fully saturated rings. The zero-order valence-corrected chi connectivity index (χ0v) is 13.3. The molecule has 0 aliphatic rings. The van der Waals surface area contributed by atoms with Gasteiger partial charge in [0.15, 0.2) is 0 Å². The highest BCUT2D eigenvalue weighted by atomic mass is 19.4. The summed E-state index contributed by atoms with van der Waals surface area (Å²) in [6.07, 6.45) is -1.64.